The van der Waals surface area contributed by atoms with Gasteiger partial charge in [0.1, 0.15) is 12.4 Å². The van der Waals surface area contributed by atoms with Crippen LogP contribution in [0.25, 0.3) is 0 Å². The SMILES string of the molecule is COCC(=O)N[C@H](CC(=O)OC(C)C)c1ccc(OC)cc1. The zero-order valence-electron chi connectivity index (χ0n) is 13.4. The first kappa shape index (κ1) is 18.0. The lowest BCUT2D eigenvalue weighted by Crippen LogP contribution is -2.33. The van der Waals surface area contributed by atoms with E-state index in [-0.39, 0.29) is 31.0 Å². The predicted octanol–water partition coefficient (Wildman–Crippen LogP) is 1.84. The van der Waals surface area contributed by atoms with Gasteiger partial charge >= 0.3 is 5.97 Å². The van der Waals surface area contributed by atoms with Crippen molar-refractivity contribution in [3.05, 3.63) is 29.8 Å². The van der Waals surface area contributed by atoms with Crippen molar-refractivity contribution < 1.29 is 23.8 Å². The Hall–Kier alpha value is -2.08. The molecule has 0 radical (unpaired) electrons. The van der Waals surface area contributed by atoms with Crippen molar-refractivity contribution in [3.63, 3.8) is 0 Å². The topological polar surface area (TPSA) is 73.9 Å². The van der Waals surface area contributed by atoms with E-state index in [2.05, 4.69) is 5.32 Å². The third-order valence-electron chi connectivity index (χ3n) is 2.87. The minimum atomic E-state index is -0.472. The largest absolute Gasteiger partial charge is 0.497 e. The molecule has 6 heteroatoms. The van der Waals surface area contributed by atoms with Crippen molar-refractivity contribution in [1.82, 2.24) is 5.32 Å². The number of amides is 1. The van der Waals surface area contributed by atoms with Crippen LogP contribution in [0.15, 0.2) is 24.3 Å². The summed E-state index contributed by atoms with van der Waals surface area (Å²) >= 11 is 0. The van der Waals surface area contributed by atoms with E-state index in [4.69, 9.17) is 14.2 Å². The number of methoxy groups -OCH3 is 2. The van der Waals surface area contributed by atoms with E-state index in [0.29, 0.717) is 5.75 Å². The number of esters is 1. The van der Waals surface area contributed by atoms with Gasteiger partial charge in [-0.15, -0.1) is 0 Å². The Morgan fingerprint density at radius 3 is 2.27 bits per heavy atom. The summed E-state index contributed by atoms with van der Waals surface area (Å²) in [7, 11) is 3.02. The molecule has 1 amide bonds. The summed E-state index contributed by atoms with van der Waals surface area (Å²) in [5.41, 5.74) is 0.797. The normalized spacial score (nSPS) is 11.9. The maximum absolute atomic E-state index is 11.9. The van der Waals surface area contributed by atoms with Gasteiger partial charge in [0, 0.05) is 7.11 Å². The highest BCUT2D eigenvalue weighted by molar-refractivity contribution is 5.79. The number of nitrogens with one attached hydrogen (secondary N) is 1. The van der Waals surface area contributed by atoms with Crippen LogP contribution in [-0.4, -0.2) is 38.8 Å². The molecule has 0 saturated carbocycles. The smallest absolute Gasteiger partial charge is 0.308 e. The van der Waals surface area contributed by atoms with E-state index < -0.39 is 6.04 Å². The molecule has 1 aromatic carbocycles. The summed E-state index contributed by atoms with van der Waals surface area (Å²) in [5, 5.41) is 2.77. The van der Waals surface area contributed by atoms with Crippen molar-refractivity contribution in [2.75, 3.05) is 20.8 Å². The van der Waals surface area contributed by atoms with E-state index in [1.54, 1.807) is 45.2 Å². The van der Waals surface area contributed by atoms with E-state index >= 15 is 0 Å². The Bertz CT molecular complexity index is 484. The van der Waals surface area contributed by atoms with E-state index in [9.17, 15) is 9.59 Å². The number of rotatable bonds is 8. The van der Waals surface area contributed by atoms with Gasteiger partial charge in [-0.3, -0.25) is 9.59 Å². The lowest BCUT2D eigenvalue weighted by Gasteiger charge is -2.19. The lowest BCUT2D eigenvalue weighted by atomic mass is 10.0. The summed E-state index contributed by atoms with van der Waals surface area (Å²) < 4.78 is 15.0. The second kappa shape index (κ2) is 9.04. The minimum Gasteiger partial charge on any atom is -0.497 e. The maximum atomic E-state index is 11.9. The highest BCUT2D eigenvalue weighted by Gasteiger charge is 2.20. The van der Waals surface area contributed by atoms with Crippen molar-refractivity contribution in [1.29, 1.82) is 0 Å². The van der Waals surface area contributed by atoms with Crippen molar-refractivity contribution in [2.24, 2.45) is 0 Å². The molecule has 1 atom stereocenters. The van der Waals surface area contributed by atoms with Crippen molar-refractivity contribution in [3.8, 4) is 5.75 Å². The summed E-state index contributed by atoms with van der Waals surface area (Å²) in [6, 6.07) is 6.69. The second-order valence-corrected chi connectivity index (χ2v) is 5.07. The van der Waals surface area contributed by atoms with Crippen LogP contribution in [0.4, 0.5) is 0 Å². The first-order chi connectivity index (χ1) is 10.5. The standard InChI is InChI=1S/C16H23NO5/c1-11(2)22-16(19)9-14(17-15(18)10-20-3)12-5-7-13(21-4)8-6-12/h5-8,11,14H,9-10H2,1-4H3,(H,17,18)/t14-/m1/s1. The first-order valence-corrected chi connectivity index (χ1v) is 7.08. The molecule has 122 valence electrons. The number of carbonyl (C=O) groups is 2. The van der Waals surface area contributed by atoms with Crippen LogP contribution in [-0.2, 0) is 19.1 Å². The van der Waals surface area contributed by atoms with Gasteiger partial charge in [-0.2, -0.15) is 0 Å². The van der Waals surface area contributed by atoms with Crippen LogP contribution in [0.3, 0.4) is 0 Å². The summed E-state index contributed by atoms with van der Waals surface area (Å²) in [6.07, 6.45) is -0.140. The Morgan fingerprint density at radius 2 is 1.77 bits per heavy atom. The zero-order valence-corrected chi connectivity index (χ0v) is 13.4. The molecule has 0 bridgehead atoms. The molecule has 0 aliphatic rings. The Balaban J connectivity index is 2.84. The monoisotopic (exact) mass is 309 g/mol. The fourth-order valence-electron chi connectivity index (χ4n) is 1.93. The molecular formula is C16H23NO5. The third kappa shape index (κ3) is 6.13. The quantitative estimate of drug-likeness (QED) is 0.742. The highest BCUT2D eigenvalue weighted by atomic mass is 16.5. The Morgan fingerprint density at radius 1 is 1.14 bits per heavy atom. The second-order valence-electron chi connectivity index (χ2n) is 5.07. The van der Waals surface area contributed by atoms with E-state index in [1.165, 1.54) is 7.11 Å². The molecule has 22 heavy (non-hydrogen) atoms. The van der Waals surface area contributed by atoms with Gasteiger partial charge in [0.05, 0.1) is 25.7 Å². The molecule has 0 heterocycles. The third-order valence-corrected chi connectivity index (χ3v) is 2.87. The molecule has 0 unspecified atom stereocenters. The van der Waals surface area contributed by atoms with Gasteiger partial charge in [-0.05, 0) is 31.5 Å². The number of benzene rings is 1. The van der Waals surface area contributed by atoms with Crippen LogP contribution < -0.4 is 10.1 Å². The highest BCUT2D eigenvalue weighted by Crippen LogP contribution is 2.21. The molecule has 6 nitrogen and oxygen atoms in total. The van der Waals surface area contributed by atoms with Gasteiger partial charge < -0.3 is 19.5 Å². The van der Waals surface area contributed by atoms with Crippen LogP contribution in [0, 0.1) is 0 Å². The van der Waals surface area contributed by atoms with Crippen LogP contribution >= 0.6 is 0 Å². The summed E-state index contributed by atoms with van der Waals surface area (Å²) in [4.78, 5) is 23.6. The Kier molecular flexibility index (Phi) is 7.39. The van der Waals surface area contributed by atoms with Crippen LogP contribution in [0.2, 0.25) is 0 Å². The predicted molar refractivity (Wildman–Crippen MR) is 81.6 cm³/mol. The fourth-order valence-corrected chi connectivity index (χ4v) is 1.93. The van der Waals surface area contributed by atoms with Gasteiger partial charge in [-0.1, -0.05) is 12.1 Å². The fraction of sp³-hybridized carbons (Fsp3) is 0.500. The van der Waals surface area contributed by atoms with E-state index in [0.717, 1.165) is 5.56 Å². The summed E-state index contributed by atoms with van der Waals surface area (Å²) in [5.74, 6) is 0.0460. The number of hydrogen-bond donors (Lipinski definition) is 1. The van der Waals surface area contributed by atoms with Crippen LogP contribution in [0.5, 0.6) is 5.75 Å². The minimum absolute atomic E-state index is 0.0555. The lowest BCUT2D eigenvalue weighted by molar-refractivity contribution is -0.148. The van der Waals surface area contributed by atoms with Gasteiger partial charge in [0.15, 0.2) is 0 Å². The molecule has 0 saturated heterocycles. The number of ether oxygens (including phenoxy) is 3. The molecular weight excluding hydrogens is 286 g/mol. The molecule has 1 rings (SSSR count). The molecule has 0 aliphatic heterocycles. The average Bonchev–Trinajstić information content (AvgIpc) is 2.46. The molecule has 0 fully saturated rings. The number of carbonyl (C=O) groups excluding carboxylic acids is 2. The van der Waals surface area contributed by atoms with Crippen LogP contribution in [0.1, 0.15) is 31.9 Å². The molecule has 0 aliphatic carbocycles. The molecule has 0 aromatic heterocycles. The molecule has 0 spiro atoms. The van der Waals surface area contributed by atoms with Gasteiger partial charge in [0.25, 0.3) is 0 Å². The van der Waals surface area contributed by atoms with Gasteiger partial charge in [0.2, 0.25) is 5.91 Å². The van der Waals surface area contributed by atoms with Crippen molar-refractivity contribution in [2.45, 2.75) is 32.4 Å². The van der Waals surface area contributed by atoms with E-state index in [1.807, 2.05) is 0 Å². The first-order valence-electron chi connectivity index (χ1n) is 7.08. The molecule has 1 aromatic rings. The maximum Gasteiger partial charge on any atom is 0.308 e. The number of hydrogen-bond acceptors (Lipinski definition) is 5. The Labute approximate surface area is 130 Å². The van der Waals surface area contributed by atoms with Crippen molar-refractivity contribution >= 4 is 11.9 Å². The zero-order chi connectivity index (χ0) is 16.5. The molecule has 1 N–H and O–H groups in total. The average molecular weight is 309 g/mol. The van der Waals surface area contributed by atoms with Gasteiger partial charge in [-0.25, -0.2) is 0 Å². The summed E-state index contributed by atoms with van der Waals surface area (Å²) in [6.45, 7) is 3.50.